The average Bonchev–Trinajstić information content (AvgIpc) is 2.64. The lowest BCUT2D eigenvalue weighted by Gasteiger charge is -2.35. The third-order valence-corrected chi connectivity index (χ3v) is 8.48. The lowest BCUT2D eigenvalue weighted by atomic mass is 9.93. The van der Waals surface area contributed by atoms with Crippen molar-refractivity contribution in [3.05, 3.63) is 53.6 Å². The fourth-order valence-corrected chi connectivity index (χ4v) is 6.08. The van der Waals surface area contributed by atoms with E-state index in [-0.39, 0.29) is 0 Å². The summed E-state index contributed by atoms with van der Waals surface area (Å²) in [5.74, 6) is -2.27. The largest absolute Gasteiger partial charge is 0.511 e. The quantitative estimate of drug-likeness (QED) is 0.590. The minimum absolute atomic E-state index is 0.327. The number of nitrogens with one attached hydrogen (secondary N) is 1. The van der Waals surface area contributed by atoms with Crippen LogP contribution in [0.2, 0.25) is 0 Å². The Balaban J connectivity index is 2.00. The van der Waals surface area contributed by atoms with E-state index in [1.54, 1.807) is 0 Å². The first kappa shape index (κ1) is 25.4. The third-order valence-electron chi connectivity index (χ3n) is 4.99. The number of halogens is 8. The van der Waals surface area contributed by atoms with Crippen LogP contribution in [0.25, 0.3) is 11.1 Å². The topological polar surface area (TPSA) is 80.3 Å². The van der Waals surface area contributed by atoms with Crippen molar-refractivity contribution in [2.45, 2.75) is 40.7 Å². The number of rotatable bonds is 5. The van der Waals surface area contributed by atoms with Crippen molar-refractivity contribution in [3.63, 3.8) is 0 Å². The molecular formula is C18H13F8NO4S2. The Kier molecular flexibility index (Phi) is 6.30. The Morgan fingerprint density at radius 1 is 0.818 bits per heavy atom. The minimum atomic E-state index is -5.74. The van der Waals surface area contributed by atoms with Gasteiger partial charge in [0.05, 0.1) is 15.7 Å². The summed E-state index contributed by atoms with van der Waals surface area (Å²) in [4.78, 5) is -0.804. The van der Waals surface area contributed by atoms with E-state index in [9.17, 15) is 52.0 Å². The molecule has 2 aromatic carbocycles. The van der Waals surface area contributed by atoms with Gasteiger partial charge in [0.1, 0.15) is 11.6 Å². The molecule has 2 aromatic rings. The van der Waals surface area contributed by atoms with E-state index in [1.165, 1.54) is 4.72 Å². The Bertz CT molecular complexity index is 1280. The molecule has 0 unspecified atom stereocenters. The molecule has 33 heavy (non-hydrogen) atoms. The van der Waals surface area contributed by atoms with E-state index in [2.05, 4.69) is 0 Å². The first-order chi connectivity index (χ1) is 14.9. The maximum absolute atomic E-state index is 14.3. The van der Waals surface area contributed by atoms with Crippen LogP contribution < -0.4 is 4.72 Å². The molecule has 1 fully saturated rings. The molecule has 0 amide bonds. The van der Waals surface area contributed by atoms with Gasteiger partial charge in [-0.25, -0.2) is 30.3 Å². The zero-order valence-electron chi connectivity index (χ0n) is 16.0. The highest BCUT2D eigenvalue weighted by molar-refractivity contribution is 7.92. The smallest absolute Gasteiger partial charge is 0.223 e. The van der Waals surface area contributed by atoms with Crippen LogP contribution in [-0.4, -0.2) is 33.6 Å². The van der Waals surface area contributed by atoms with E-state index in [4.69, 9.17) is 0 Å². The van der Waals surface area contributed by atoms with E-state index in [0.29, 0.717) is 36.4 Å². The summed E-state index contributed by atoms with van der Waals surface area (Å²) < 4.78 is 154. The van der Waals surface area contributed by atoms with Gasteiger partial charge in [-0.15, -0.1) is 0 Å². The van der Waals surface area contributed by atoms with Crippen molar-refractivity contribution in [1.82, 2.24) is 4.72 Å². The van der Waals surface area contributed by atoms with Crippen LogP contribution in [0.5, 0.6) is 0 Å². The Morgan fingerprint density at radius 3 is 1.97 bits per heavy atom. The lowest BCUT2D eigenvalue weighted by Crippen LogP contribution is -2.52. The zero-order chi connectivity index (χ0) is 25.0. The van der Waals surface area contributed by atoms with Gasteiger partial charge < -0.3 is 0 Å². The molecule has 0 heterocycles. The highest BCUT2D eigenvalue weighted by Gasteiger charge is 2.50. The normalized spacial score (nSPS) is 19.9. The van der Waals surface area contributed by atoms with Crippen molar-refractivity contribution in [1.29, 1.82) is 0 Å². The van der Waals surface area contributed by atoms with Crippen molar-refractivity contribution >= 4 is 19.9 Å². The van der Waals surface area contributed by atoms with Crippen molar-refractivity contribution < 1.29 is 52.0 Å². The molecule has 1 saturated carbocycles. The number of benzene rings is 2. The maximum atomic E-state index is 14.3. The first-order valence-corrected chi connectivity index (χ1v) is 12.0. The van der Waals surface area contributed by atoms with E-state index >= 15 is 0 Å². The molecule has 0 atom stereocenters. The Hall–Kier alpha value is -2.26. The highest BCUT2D eigenvalue weighted by atomic mass is 32.2. The summed E-state index contributed by atoms with van der Waals surface area (Å²) in [6.07, 6.45) is -6.16. The summed E-state index contributed by atoms with van der Waals surface area (Å²) in [5, 5.41) is -1.47. The predicted molar refractivity (Wildman–Crippen MR) is 98.9 cm³/mol. The molecule has 0 aliphatic heterocycles. The Morgan fingerprint density at radius 2 is 1.42 bits per heavy atom. The van der Waals surface area contributed by atoms with Gasteiger partial charge in [-0.2, -0.15) is 26.3 Å². The molecule has 1 aliphatic carbocycles. The molecule has 182 valence electrons. The molecule has 5 nitrogen and oxygen atoms in total. The van der Waals surface area contributed by atoms with Crippen LogP contribution in [0.15, 0.2) is 41.3 Å². The van der Waals surface area contributed by atoms with Crippen molar-refractivity contribution in [2.24, 2.45) is 0 Å². The van der Waals surface area contributed by atoms with Gasteiger partial charge >= 0.3 is 21.7 Å². The van der Waals surface area contributed by atoms with Crippen LogP contribution in [0.3, 0.4) is 0 Å². The molecule has 0 saturated heterocycles. The predicted octanol–water partition coefficient (Wildman–Crippen LogP) is 4.39. The van der Waals surface area contributed by atoms with Crippen LogP contribution in [0.1, 0.15) is 18.4 Å². The van der Waals surface area contributed by atoms with Gasteiger partial charge in [0.15, 0.2) is 9.84 Å². The monoisotopic (exact) mass is 523 g/mol. The van der Waals surface area contributed by atoms with Gasteiger partial charge in [0.2, 0.25) is 0 Å². The van der Waals surface area contributed by atoms with Crippen molar-refractivity contribution in [3.8, 4) is 11.1 Å². The van der Waals surface area contributed by atoms with Crippen LogP contribution in [-0.2, 0) is 26.0 Å². The fraction of sp³-hybridized carbons (Fsp3) is 0.333. The number of sulfone groups is 1. The average molecular weight is 523 g/mol. The molecule has 1 aliphatic rings. The van der Waals surface area contributed by atoms with Gasteiger partial charge in [-0.1, -0.05) is 0 Å². The molecule has 1 N–H and O–H groups in total. The summed E-state index contributed by atoms with van der Waals surface area (Å²) in [6.45, 7) is 0. The molecule has 0 aromatic heterocycles. The third kappa shape index (κ3) is 4.99. The van der Waals surface area contributed by atoms with Crippen LogP contribution >= 0.6 is 0 Å². The zero-order valence-corrected chi connectivity index (χ0v) is 17.6. The maximum Gasteiger partial charge on any atom is 0.511 e. The summed E-state index contributed by atoms with van der Waals surface area (Å²) in [5.41, 5.74) is -8.52. The van der Waals surface area contributed by atoms with E-state index in [0.717, 1.165) is 0 Å². The van der Waals surface area contributed by atoms with Gasteiger partial charge in [-0.05, 0) is 49.2 Å². The number of hydrogen-bond acceptors (Lipinski definition) is 4. The van der Waals surface area contributed by atoms with Crippen LogP contribution in [0.4, 0.5) is 35.1 Å². The van der Waals surface area contributed by atoms with E-state index < -0.39 is 88.9 Å². The molecular weight excluding hydrogens is 510 g/mol. The Labute approximate surface area is 182 Å². The lowest BCUT2D eigenvalue weighted by molar-refractivity contribution is -0.137. The summed E-state index contributed by atoms with van der Waals surface area (Å²) in [6, 6.07) is 1.66. The van der Waals surface area contributed by atoms with Gasteiger partial charge in [0, 0.05) is 17.2 Å². The number of alkyl halides is 6. The summed E-state index contributed by atoms with van der Waals surface area (Å²) >= 11 is 0. The van der Waals surface area contributed by atoms with Crippen LogP contribution in [0, 0.1) is 11.6 Å². The number of sulfonamides is 1. The molecule has 0 radical (unpaired) electrons. The molecule has 3 rings (SSSR count). The highest BCUT2D eigenvalue weighted by Crippen LogP contribution is 2.41. The molecule has 15 heteroatoms. The van der Waals surface area contributed by atoms with Gasteiger partial charge in [-0.3, -0.25) is 0 Å². The second-order valence-corrected chi connectivity index (χ2v) is 11.1. The molecule has 0 spiro atoms. The SMILES string of the molecule is O=S(=O)(c1ccc(C(F)(F)F)cc1-c1cc(F)ccc1F)C1CC(NS(=O)(=O)C(F)(F)F)C1. The minimum Gasteiger partial charge on any atom is -0.223 e. The fourth-order valence-electron chi connectivity index (χ4n) is 3.25. The number of hydrogen-bond donors (Lipinski definition) is 1. The van der Waals surface area contributed by atoms with Crippen molar-refractivity contribution in [2.75, 3.05) is 0 Å². The van der Waals surface area contributed by atoms with E-state index in [1.807, 2.05) is 0 Å². The summed E-state index contributed by atoms with van der Waals surface area (Å²) in [7, 11) is -10.3. The van der Waals surface area contributed by atoms with Gasteiger partial charge in [0.25, 0.3) is 0 Å². The standard InChI is InChI=1S/C18H13F8NO4S2/c19-10-2-3-15(20)13(6-10)14-5-9(17(21,22)23)1-4-16(14)32(28,29)12-7-11(8-12)27-33(30,31)18(24,25)26/h1-6,11-12,27H,7-8H2. The first-order valence-electron chi connectivity index (χ1n) is 8.92. The second kappa shape index (κ2) is 8.20. The molecule has 0 bridgehead atoms. The second-order valence-electron chi connectivity index (χ2n) is 7.24.